The molecule has 0 fully saturated rings. The minimum absolute atomic E-state index is 0.590. The highest BCUT2D eigenvalue weighted by molar-refractivity contribution is 7.98. The number of thiazole rings is 1. The lowest BCUT2D eigenvalue weighted by molar-refractivity contribution is 0.171. The van der Waals surface area contributed by atoms with Crippen LogP contribution >= 0.6 is 23.1 Å². The fourth-order valence-electron chi connectivity index (χ4n) is 2.99. The van der Waals surface area contributed by atoms with Crippen LogP contribution in [0.4, 0.5) is 5.13 Å². The summed E-state index contributed by atoms with van der Waals surface area (Å²) in [4.78, 5) is 6.80. The molecule has 0 saturated carbocycles. The van der Waals surface area contributed by atoms with Gasteiger partial charge in [0.1, 0.15) is 24.7 Å². The molecule has 0 saturated heterocycles. The average molecular weight is 432 g/mol. The fraction of sp³-hybridized carbons (Fsp3) is 0.381. The molecule has 29 heavy (non-hydrogen) atoms. The van der Waals surface area contributed by atoms with Gasteiger partial charge in [-0.1, -0.05) is 0 Å². The normalized spacial score (nSPS) is 13.1. The lowest BCUT2D eigenvalue weighted by Crippen LogP contribution is -2.15. The summed E-state index contributed by atoms with van der Waals surface area (Å²) in [6.07, 6.45) is 0. The molecule has 1 aromatic carbocycles. The number of rotatable bonds is 9. The average Bonchev–Trinajstić information content (AvgIpc) is 3.36. The smallest absolute Gasteiger partial charge is 0.183 e. The summed E-state index contributed by atoms with van der Waals surface area (Å²) in [5.74, 6) is 5.51. The van der Waals surface area contributed by atoms with Gasteiger partial charge < -0.3 is 24.1 Å². The Labute approximate surface area is 179 Å². The monoisotopic (exact) mass is 431 g/mol. The molecule has 6 nitrogen and oxygen atoms in total. The van der Waals surface area contributed by atoms with Gasteiger partial charge in [0.05, 0.1) is 18.0 Å². The Balaban J connectivity index is 1.22. The van der Waals surface area contributed by atoms with E-state index in [-0.39, 0.29) is 0 Å². The number of thioether (sulfide) groups is 1. The first kappa shape index (κ1) is 20.1. The standard InChI is InChI=1S/C21H25N3O3S2/c1-24(2)12-16-4-5-17(27-16)13-28-10-7-22-21-23-18(14-29-21)15-3-6-19-20(11-15)26-9-8-25-19/h3-6,11,14H,7-10,12-13H2,1-2H3,(H,22,23). The predicted octanol–water partition coefficient (Wildman–Crippen LogP) is 4.58. The number of benzene rings is 1. The molecular formula is C21H25N3O3S2. The molecule has 0 atom stereocenters. The molecule has 1 aliphatic rings. The van der Waals surface area contributed by atoms with Crippen LogP contribution < -0.4 is 14.8 Å². The summed E-state index contributed by atoms with van der Waals surface area (Å²) in [5.41, 5.74) is 1.99. The number of anilines is 1. The van der Waals surface area contributed by atoms with Crippen molar-refractivity contribution in [3.8, 4) is 22.8 Å². The van der Waals surface area contributed by atoms with E-state index in [1.807, 2.05) is 44.1 Å². The van der Waals surface area contributed by atoms with Gasteiger partial charge in [0.15, 0.2) is 16.6 Å². The van der Waals surface area contributed by atoms with Crippen molar-refractivity contribution >= 4 is 28.2 Å². The topological polar surface area (TPSA) is 59.8 Å². The van der Waals surface area contributed by atoms with Crippen LogP contribution in [-0.2, 0) is 12.3 Å². The van der Waals surface area contributed by atoms with Crippen LogP contribution in [0.3, 0.4) is 0 Å². The van der Waals surface area contributed by atoms with Gasteiger partial charge in [-0.3, -0.25) is 0 Å². The van der Waals surface area contributed by atoms with E-state index in [1.54, 1.807) is 11.3 Å². The van der Waals surface area contributed by atoms with Crippen molar-refractivity contribution < 1.29 is 13.9 Å². The lowest BCUT2D eigenvalue weighted by Gasteiger charge is -2.18. The summed E-state index contributed by atoms with van der Waals surface area (Å²) < 4.78 is 17.1. The van der Waals surface area contributed by atoms with Crippen molar-refractivity contribution in [2.75, 3.05) is 44.9 Å². The van der Waals surface area contributed by atoms with Gasteiger partial charge >= 0.3 is 0 Å². The third-order valence-electron chi connectivity index (χ3n) is 4.30. The highest BCUT2D eigenvalue weighted by atomic mass is 32.2. The molecule has 1 aliphatic heterocycles. The predicted molar refractivity (Wildman–Crippen MR) is 119 cm³/mol. The van der Waals surface area contributed by atoms with E-state index in [0.29, 0.717) is 13.2 Å². The Morgan fingerprint density at radius 2 is 1.93 bits per heavy atom. The molecule has 3 aromatic rings. The van der Waals surface area contributed by atoms with Crippen LogP contribution in [0.15, 0.2) is 40.1 Å². The number of aromatic nitrogens is 1. The van der Waals surface area contributed by atoms with Crippen molar-refractivity contribution in [3.05, 3.63) is 47.2 Å². The van der Waals surface area contributed by atoms with Gasteiger partial charge in [0.25, 0.3) is 0 Å². The van der Waals surface area contributed by atoms with E-state index < -0.39 is 0 Å². The second-order valence-corrected chi connectivity index (χ2v) is 8.94. The largest absolute Gasteiger partial charge is 0.486 e. The maximum Gasteiger partial charge on any atom is 0.183 e. The van der Waals surface area contributed by atoms with Gasteiger partial charge in [-0.05, 0) is 44.4 Å². The zero-order valence-electron chi connectivity index (χ0n) is 16.6. The van der Waals surface area contributed by atoms with Crippen LogP contribution in [0.2, 0.25) is 0 Å². The van der Waals surface area contributed by atoms with Crippen molar-refractivity contribution in [2.45, 2.75) is 12.3 Å². The molecule has 3 heterocycles. The van der Waals surface area contributed by atoms with Crippen molar-refractivity contribution in [1.82, 2.24) is 9.88 Å². The SMILES string of the molecule is CN(C)Cc1ccc(CSCCNc2nc(-c3ccc4c(c3)OCCO4)cs2)o1. The number of nitrogens with zero attached hydrogens (tertiary/aromatic N) is 2. The second-order valence-electron chi connectivity index (χ2n) is 6.98. The Kier molecular flexibility index (Phi) is 6.63. The van der Waals surface area contributed by atoms with Crippen LogP contribution in [0.1, 0.15) is 11.5 Å². The van der Waals surface area contributed by atoms with E-state index in [1.165, 1.54) is 0 Å². The van der Waals surface area contributed by atoms with E-state index >= 15 is 0 Å². The Bertz CT molecular complexity index is 939. The molecule has 4 rings (SSSR count). The van der Waals surface area contributed by atoms with Crippen molar-refractivity contribution in [1.29, 1.82) is 0 Å². The van der Waals surface area contributed by atoms with Crippen LogP contribution in [-0.4, -0.2) is 49.5 Å². The van der Waals surface area contributed by atoms with E-state index in [9.17, 15) is 0 Å². The van der Waals surface area contributed by atoms with Gasteiger partial charge in [-0.25, -0.2) is 4.98 Å². The molecule has 0 amide bonds. The molecular weight excluding hydrogens is 406 g/mol. The molecule has 0 aliphatic carbocycles. The van der Waals surface area contributed by atoms with Crippen LogP contribution in [0, 0.1) is 0 Å². The third-order valence-corrected chi connectivity index (χ3v) is 6.08. The Morgan fingerprint density at radius 3 is 2.79 bits per heavy atom. The lowest BCUT2D eigenvalue weighted by atomic mass is 10.1. The molecule has 8 heteroatoms. The van der Waals surface area contributed by atoms with E-state index in [0.717, 1.165) is 64.0 Å². The first-order valence-corrected chi connectivity index (χ1v) is 11.6. The zero-order valence-corrected chi connectivity index (χ0v) is 18.3. The number of hydrogen-bond donors (Lipinski definition) is 1. The summed E-state index contributed by atoms with van der Waals surface area (Å²) >= 11 is 3.47. The third kappa shape index (κ3) is 5.46. The van der Waals surface area contributed by atoms with Crippen LogP contribution in [0.25, 0.3) is 11.3 Å². The quantitative estimate of drug-likeness (QED) is 0.498. The molecule has 0 radical (unpaired) electrons. The summed E-state index contributed by atoms with van der Waals surface area (Å²) in [5, 5.41) is 6.41. The number of furan rings is 1. The van der Waals surface area contributed by atoms with Gasteiger partial charge in [-0.15, -0.1) is 11.3 Å². The maximum absolute atomic E-state index is 5.84. The minimum atomic E-state index is 0.590. The summed E-state index contributed by atoms with van der Waals surface area (Å²) in [7, 11) is 4.08. The summed E-state index contributed by atoms with van der Waals surface area (Å²) in [6.45, 7) is 2.89. The van der Waals surface area contributed by atoms with Gasteiger partial charge in [-0.2, -0.15) is 11.8 Å². The molecule has 2 aromatic heterocycles. The Hall–Kier alpha value is -2.16. The van der Waals surface area contributed by atoms with Crippen LogP contribution in [0.5, 0.6) is 11.5 Å². The maximum atomic E-state index is 5.84. The fourth-order valence-corrected chi connectivity index (χ4v) is 4.49. The highest BCUT2D eigenvalue weighted by Gasteiger charge is 2.13. The van der Waals surface area contributed by atoms with E-state index in [4.69, 9.17) is 18.9 Å². The van der Waals surface area contributed by atoms with Crippen molar-refractivity contribution in [2.24, 2.45) is 0 Å². The Morgan fingerprint density at radius 1 is 1.10 bits per heavy atom. The van der Waals surface area contributed by atoms with Gasteiger partial charge in [0, 0.05) is 23.2 Å². The number of hydrogen-bond acceptors (Lipinski definition) is 8. The van der Waals surface area contributed by atoms with Gasteiger partial charge in [0.2, 0.25) is 0 Å². The van der Waals surface area contributed by atoms with E-state index in [2.05, 4.69) is 27.7 Å². The molecule has 1 N–H and O–H groups in total. The summed E-state index contributed by atoms with van der Waals surface area (Å²) in [6, 6.07) is 10.1. The molecule has 0 bridgehead atoms. The number of ether oxygens (including phenoxy) is 2. The number of nitrogens with one attached hydrogen (secondary N) is 1. The molecule has 0 spiro atoms. The first-order chi connectivity index (χ1) is 14.2. The number of fused-ring (bicyclic) bond motifs is 1. The molecule has 0 unspecified atom stereocenters. The molecule has 154 valence electrons. The zero-order chi connectivity index (χ0) is 20.1. The second kappa shape index (κ2) is 9.56. The highest BCUT2D eigenvalue weighted by Crippen LogP contribution is 2.35. The first-order valence-electron chi connectivity index (χ1n) is 9.57. The minimum Gasteiger partial charge on any atom is -0.486 e. The van der Waals surface area contributed by atoms with Crippen molar-refractivity contribution in [3.63, 3.8) is 0 Å².